The number of carbonyl (C=O) groups excluding carboxylic acids is 2. The summed E-state index contributed by atoms with van der Waals surface area (Å²) in [4.78, 5) is 27.2. The average molecular weight is 333 g/mol. The highest BCUT2D eigenvalue weighted by Gasteiger charge is 2.21. The molecule has 1 aromatic rings. The molecule has 0 aromatic heterocycles. The van der Waals surface area contributed by atoms with E-state index < -0.39 is 0 Å². The zero-order valence-corrected chi connectivity index (χ0v) is 14.6. The van der Waals surface area contributed by atoms with Crippen molar-refractivity contribution >= 4 is 11.8 Å². The van der Waals surface area contributed by atoms with Crippen LogP contribution in [-0.4, -0.2) is 60.9 Å². The molecular weight excluding hydrogens is 306 g/mol. The molecule has 0 saturated carbocycles. The van der Waals surface area contributed by atoms with Crippen molar-refractivity contribution in [3.05, 3.63) is 29.8 Å². The molecule has 0 spiro atoms. The van der Waals surface area contributed by atoms with Gasteiger partial charge in [0, 0.05) is 58.2 Å². The lowest BCUT2D eigenvalue weighted by Gasteiger charge is -2.35. The SMILES string of the molecule is CCOc1ccccc1CN1CCN(C(=O)CCNC(C)=O)CC1. The first-order valence-corrected chi connectivity index (χ1v) is 8.55. The molecule has 1 aliphatic rings. The molecule has 6 heteroatoms. The highest BCUT2D eigenvalue weighted by Crippen LogP contribution is 2.20. The van der Waals surface area contributed by atoms with Crippen LogP contribution in [0.15, 0.2) is 24.3 Å². The van der Waals surface area contributed by atoms with E-state index in [-0.39, 0.29) is 11.8 Å². The molecule has 132 valence electrons. The third-order valence-electron chi connectivity index (χ3n) is 4.10. The first-order valence-electron chi connectivity index (χ1n) is 8.55. The molecule has 24 heavy (non-hydrogen) atoms. The minimum absolute atomic E-state index is 0.0967. The van der Waals surface area contributed by atoms with E-state index in [1.54, 1.807) is 0 Å². The zero-order chi connectivity index (χ0) is 17.4. The summed E-state index contributed by atoms with van der Waals surface area (Å²) in [5, 5.41) is 2.66. The molecule has 1 N–H and O–H groups in total. The summed E-state index contributed by atoms with van der Waals surface area (Å²) in [6, 6.07) is 8.11. The van der Waals surface area contributed by atoms with E-state index in [9.17, 15) is 9.59 Å². The third kappa shape index (κ3) is 5.53. The molecule has 0 unspecified atom stereocenters. The Balaban J connectivity index is 1.78. The number of hydrogen-bond donors (Lipinski definition) is 1. The quantitative estimate of drug-likeness (QED) is 0.816. The van der Waals surface area contributed by atoms with Gasteiger partial charge in [0.25, 0.3) is 0 Å². The van der Waals surface area contributed by atoms with Gasteiger partial charge < -0.3 is 15.0 Å². The number of nitrogens with one attached hydrogen (secondary N) is 1. The van der Waals surface area contributed by atoms with Gasteiger partial charge in [-0.15, -0.1) is 0 Å². The summed E-state index contributed by atoms with van der Waals surface area (Å²) in [5.74, 6) is 0.951. The lowest BCUT2D eigenvalue weighted by Crippen LogP contribution is -2.48. The Labute approximate surface area is 143 Å². The number of piperazine rings is 1. The van der Waals surface area contributed by atoms with Gasteiger partial charge in [0.15, 0.2) is 0 Å². The minimum Gasteiger partial charge on any atom is -0.494 e. The molecule has 0 atom stereocenters. The van der Waals surface area contributed by atoms with Gasteiger partial charge in [-0.1, -0.05) is 18.2 Å². The van der Waals surface area contributed by atoms with Crippen molar-refractivity contribution in [2.24, 2.45) is 0 Å². The molecular formula is C18H27N3O3. The number of hydrogen-bond acceptors (Lipinski definition) is 4. The fourth-order valence-electron chi connectivity index (χ4n) is 2.83. The van der Waals surface area contributed by atoms with Crippen molar-refractivity contribution in [3.8, 4) is 5.75 Å². The van der Waals surface area contributed by atoms with Crippen LogP contribution in [0.25, 0.3) is 0 Å². The first kappa shape index (κ1) is 18.3. The highest BCUT2D eigenvalue weighted by atomic mass is 16.5. The Bertz CT molecular complexity index is 554. The van der Waals surface area contributed by atoms with Gasteiger partial charge in [-0.05, 0) is 13.0 Å². The number of benzene rings is 1. The van der Waals surface area contributed by atoms with Gasteiger partial charge in [-0.25, -0.2) is 0 Å². The zero-order valence-electron chi connectivity index (χ0n) is 14.6. The summed E-state index contributed by atoms with van der Waals surface area (Å²) < 4.78 is 5.68. The third-order valence-corrected chi connectivity index (χ3v) is 4.10. The molecule has 2 rings (SSSR count). The van der Waals surface area contributed by atoms with Crippen LogP contribution in [0.1, 0.15) is 25.8 Å². The van der Waals surface area contributed by atoms with Crippen LogP contribution in [0.4, 0.5) is 0 Å². The van der Waals surface area contributed by atoms with E-state index in [4.69, 9.17) is 4.74 Å². The van der Waals surface area contributed by atoms with Crippen molar-refractivity contribution in [2.45, 2.75) is 26.8 Å². The number of ether oxygens (including phenoxy) is 1. The lowest BCUT2D eigenvalue weighted by molar-refractivity contribution is -0.133. The number of nitrogens with zero attached hydrogens (tertiary/aromatic N) is 2. The molecule has 0 aliphatic carbocycles. The second-order valence-electron chi connectivity index (χ2n) is 5.93. The number of rotatable bonds is 7. The van der Waals surface area contributed by atoms with Gasteiger partial charge in [0.2, 0.25) is 11.8 Å². The highest BCUT2D eigenvalue weighted by molar-refractivity contribution is 5.78. The van der Waals surface area contributed by atoms with Gasteiger partial charge in [-0.2, -0.15) is 0 Å². The summed E-state index contributed by atoms with van der Waals surface area (Å²) in [5.41, 5.74) is 1.18. The van der Waals surface area contributed by atoms with E-state index in [0.29, 0.717) is 19.6 Å². The molecule has 1 heterocycles. The monoisotopic (exact) mass is 333 g/mol. The van der Waals surface area contributed by atoms with Crippen molar-refractivity contribution in [1.82, 2.24) is 15.1 Å². The Morgan fingerprint density at radius 3 is 2.54 bits per heavy atom. The molecule has 0 bridgehead atoms. The van der Waals surface area contributed by atoms with E-state index in [2.05, 4.69) is 16.3 Å². The van der Waals surface area contributed by atoms with Crippen molar-refractivity contribution in [1.29, 1.82) is 0 Å². The maximum Gasteiger partial charge on any atom is 0.224 e. The lowest BCUT2D eigenvalue weighted by atomic mass is 10.1. The smallest absolute Gasteiger partial charge is 0.224 e. The van der Waals surface area contributed by atoms with Crippen LogP contribution in [0.2, 0.25) is 0 Å². The van der Waals surface area contributed by atoms with Crippen LogP contribution < -0.4 is 10.1 Å². The number of carbonyl (C=O) groups is 2. The molecule has 2 amide bonds. The van der Waals surface area contributed by atoms with E-state index in [1.165, 1.54) is 12.5 Å². The summed E-state index contributed by atoms with van der Waals surface area (Å²) in [6.07, 6.45) is 0.368. The summed E-state index contributed by atoms with van der Waals surface area (Å²) in [7, 11) is 0. The molecule has 1 aliphatic heterocycles. The van der Waals surface area contributed by atoms with E-state index in [0.717, 1.165) is 38.5 Å². The van der Waals surface area contributed by atoms with E-state index >= 15 is 0 Å². The van der Waals surface area contributed by atoms with Crippen molar-refractivity contribution in [3.63, 3.8) is 0 Å². The van der Waals surface area contributed by atoms with Crippen LogP contribution >= 0.6 is 0 Å². The molecule has 6 nitrogen and oxygen atoms in total. The second kappa shape index (κ2) is 9.27. The fourth-order valence-corrected chi connectivity index (χ4v) is 2.83. The van der Waals surface area contributed by atoms with Crippen molar-refractivity contribution < 1.29 is 14.3 Å². The normalized spacial score (nSPS) is 15.2. The van der Waals surface area contributed by atoms with Gasteiger partial charge in [-0.3, -0.25) is 14.5 Å². The molecule has 1 aromatic carbocycles. The Morgan fingerprint density at radius 1 is 1.17 bits per heavy atom. The van der Waals surface area contributed by atoms with Gasteiger partial charge in [0.1, 0.15) is 5.75 Å². The van der Waals surface area contributed by atoms with Gasteiger partial charge >= 0.3 is 0 Å². The second-order valence-corrected chi connectivity index (χ2v) is 5.93. The van der Waals surface area contributed by atoms with Gasteiger partial charge in [0.05, 0.1) is 6.61 Å². The van der Waals surface area contributed by atoms with E-state index in [1.807, 2.05) is 30.0 Å². The Hall–Kier alpha value is -2.08. The van der Waals surface area contributed by atoms with Crippen molar-refractivity contribution in [2.75, 3.05) is 39.3 Å². The maximum atomic E-state index is 12.1. The molecule has 0 radical (unpaired) electrons. The standard InChI is InChI=1S/C18H27N3O3/c1-3-24-17-7-5-4-6-16(17)14-20-10-12-21(13-11-20)18(23)8-9-19-15(2)22/h4-7H,3,8-14H2,1-2H3,(H,19,22). The average Bonchev–Trinajstić information content (AvgIpc) is 2.57. The molecule has 1 saturated heterocycles. The van der Waals surface area contributed by atoms with Crippen LogP contribution in [0.5, 0.6) is 5.75 Å². The predicted octanol–water partition coefficient (Wildman–Crippen LogP) is 1.26. The summed E-state index contributed by atoms with van der Waals surface area (Å²) >= 11 is 0. The minimum atomic E-state index is -0.0967. The van der Waals surface area contributed by atoms with Crippen LogP contribution in [-0.2, 0) is 16.1 Å². The Morgan fingerprint density at radius 2 is 1.88 bits per heavy atom. The molecule has 1 fully saturated rings. The number of amides is 2. The summed E-state index contributed by atoms with van der Waals surface area (Å²) in [6.45, 7) is 8.53. The fraction of sp³-hybridized carbons (Fsp3) is 0.556. The Kier molecular flexibility index (Phi) is 7.06. The van der Waals surface area contributed by atoms with Crippen LogP contribution in [0, 0.1) is 0 Å². The van der Waals surface area contributed by atoms with Crippen LogP contribution in [0.3, 0.4) is 0 Å². The topological polar surface area (TPSA) is 61.9 Å². The largest absolute Gasteiger partial charge is 0.494 e. The maximum absolute atomic E-state index is 12.1. The number of para-hydroxylation sites is 1. The predicted molar refractivity (Wildman–Crippen MR) is 92.8 cm³/mol. The first-order chi connectivity index (χ1) is 11.6.